The average Bonchev–Trinajstić information content (AvgIpc) is 2.41. The van der Waals surface area contributed by atoms with Crippen molar-refractivity contribution < 1.29 is 0 Å². The topological polar surface area (TPSA) is 34.9 Å². The molecule has 2 aromatic heterocycles. The molecule has 5 heteroatoms. The van der Waals surface area contributed by atoms with Crippen molar-refractivity contribution in [2.24, 2.45) is 7.05 Å². The van der Waals surface area contributed by atoms with Crippen LogP contribution in [0.3, 0.4) is 0 Å². The molecule has 0 bridgehead atoms. The van der Waals surface area contributed by atoms with Crippen LogP contribution in [0.4, 0.5) is 0 Å². The minimum atomic E-state index is 0.00991. The number of halogens is 1. The SMILES string of the molecule is Cn1cnc2c(Br)csc2c1=O. The molecule has 0 spiro atoms. The van der Waals surface area contributed by atoms with Gasteiger partial charge >= 0.3 is 0 Å². The van der Waals surface area contributed by atoms with Crippen molar-refractivity contribution in [3.05, 3.63) is 26.5 Å². The summed E-state index contributed by atoms with van der Waals surface area (Å²) in [5.41, 5.74) is 0.763. The third kappa shape index (κ3) is 1.01. The lowest BCUT2D eigenvalue weighted by atomic mass is 10.5. The van der Waals surface area contributed by atoms with Crippen molar-refractivity contribution in [3.8, 4) is 0 Å². The van der Waals surface area contributed by atoms with Crippen LogP contribution >= 0.6 is 27.3 Å². The van der Waals surface area contributed by atoms with Gasteiger partial charge in [-0.1, -0.05) is 0 Å². The second-order valence-corrected chi connectivity index (χ2v) is 4.16. The van der Waals surface area contributed by atoms with Crippen LogP contribution in [0.25, 0.3) is 10.2 Å². The fourth-order valence-corrected chi connectivity index (χ4v) is 2.52. The molecule has 0 N–H and O–H groups in total. The number of fused-ring (bicyclic) bond motifs is 1. The van der Waals surface area contributed by atoms with Gasteiger partial charge in [0.2, 0.25) is 0 Å². The number of rotatable bonds is 0. The fraction of sp³-hybridized carbons (Fsp3) is 0.143. The van der Waals surface area contributed by atoms with Crippen molar-refractivity contribution in [3.63, 3.8) is 0 Å². The highest BCUT2D eigenvalue weighted by atomic mass is 79.9. The lowest BCUT2D eigenvalue weighted by molar-refractivity contribution is 0.845. The molecule has 0 fully saturated rings. The van der Waals surface area contributed by atoms with Gasteiger partial charge in [0.25, 0.3) is 5.56 Å². The number of aryl methyl sites for hydroxylation is 1. The third-order valence-electron chi connectivity index (χ3n) is 1.60. The van der Waals surface area contributed by atoms with Gasteiger partial charge in [0, 0.05) is 12.4 Å². The Morgan fingerprint density at radius 1 is 1.67 bits per heavy atom. The Balaban J connectivity index is 3.03. The number of aromatic nitrogens is 2. The van der Waals surface area contributed by atoms with Gasteiger partial charge in [-0.05, 0) is 15.9 Å². The summed E-state index contributed by atoms with van der Waals surface area (Å²) in [6.07, 6.45) is 1.53. The Bertz CT molecular complexity index is 488. The highest BCUT2D eigenvalue weighted by molar-refractivity contribution is 9.10. The van der Waals surface area contributed by atoms with Crippen molar-refractivity contribution in [2.75, 3.05) is 0 Å². The van der Waals surface area contributed by atoms with E-state index in [9.17, 15) is 4.79 Å². The molecular formula is C7H5BrN2OS. The van der Waals surface area contributed by atoms with E-state index in [4.69, 9.17) is 0 Å². The predicted molar refractivity (Wildman–Crippen MR) is 52.6 cm³/mol. The standard InChI is InChI=1S/C7H5BrN2OS/c1-10-3-9-5-4(8)2-12-6(5)7(10)11/h2-3H,1H3. The van der Waals surface area contributed by atoms with E-state index < -0.39 is 0 Å². The Morgan fingerprint density at radius 3 is 3.17 bits per heavy atom. The lowest BCUT2D eigenvalue weighted by Crippen LogP contribution is -2.15. The van der Waals surface area contributed by atoms with Crippen LogP contribution in [0.5, 0.6) is 0 Å². The van der Waals surface area contributed by atoms with Crippen LogP contribution in [0.15, 0.2) is 21.0 Å². The van der Waals surface area contributed by atoms with Gasteiger partial charge < -0.3 is 4.57 Å². The van der Waals surface area contributed by atoms with Crippen LogP contribution in [0, 0.1) is 0 Å². The highest BCUT2D eigenvalue weighted by Crippen LogP contribution is 2.25. The molecule has 0 aliphatic heterocycles. The Kier molecular flexibility index (Phi) is 1.77. The summed E-state index contributed by atoms with van der Waals surface area (Å²) in [4.78, 5) is 15.6. The summed E-state index contributed by atoms with van der Waals surface area (Å²) in [5, 5.41) is 1.87. The van der Waals surface area contributed by atoms with E-state index in [1.807, 2.05) is 5.38 Å². The Hall–Kier alpha value is -0.680. The lowest BCUT2D eigenvalue weighted by Gasteiger charge is -1.94. The van der Waals surface area contributed by atoms with Crippen LogP contribution in [0.1, 0.15) is 0 Å². The molecule has 0 aliphatic carbocycles. The largest absolute Gasteiger partial charge is 0.301 e. The first-order chi connectivity index (χ1) is 5.70. The van der Waals surface area contributed by atoms with Crippen LogP contribution in [-0.2, 0) is 7.05 Å². The Morgan fingerprint density at radius 2 is 2.42 bits per heavy atom. The highest BCUT2D eigenvalue weighted by Gasteiger charge is 2.06. The fourth-order valence-electron chi connectivity index (χ4n) is 0.960. The Labute approximate surface area is 80.8 Å². The predicted octanol–water partition coefficient (Wildman–Crippen LogP) is 1.76. The molecule has 0 saturated heterocycles. The zero-order chi connectivity index (χ0) is 8.72. The van der Waals surface area contributed by atoms with Gasteiger partial charge in [-0.2, -0.15) is 0 Å². The normalized spacial score (nSPS) is 10.8. The van der Waals surface area contributed by atoms with Gasteiger partial charge in [-0.15, -0.1) is 11.3 Å². The minimum absolute atomic E-state index is 0.00991. The monoisotopic (exact) mass is 244 g/mol. The molecule has 2 rings (SSSR count). The molecule has 0 aliphatic rings. The van der Waals surface area contributed by atoms with Gasteiger partial charge in [-0.3, -0.25) is 4.79 Å². The van der Waals surface area contributed by atoms with Crippen LogP contribution in [-0.4, -0.2) is 9.55 Å². The molecule has 62 valence electrons. The third-order valence-corrected chi connectivity index (χ3v) is 3.46. The second kappa shape index (κ2) is 2.67. The van der Waals surface area contributed by atoms with Crippen LogP contribution < -0.4 is 5.56 Å². The van der Waals surface area contributed by atoms with Crippen molar-refractivity contribution >= 4 is 37.5 Å². The molecule has 12 heavy (non-hydrogen) atoms. The zero-order valence-corrected chi connectivity index (χ0v) is 8.65. The molecule has 0 unspecified atom stereocenters. The first kappa shape index (κ1) is 7.94. The van der Waals surface area contributed by atoms with Crippen LogP contribution in [0.2, 0.25) is 0 Å². The molecule has 3 nitrogen and oxygen atoms in total. The van der Waals surface area contributed by atoms with Crippen molar-refractivity contribution in [2.45, 2.75) is 0 Å². The maximum atomic E-state index is 11.5. The second-order valence-electron chi connectivity index (χ2n) is 2.42. The van der Waals surface area contributed by atoms with Crippen molar-refractivity contribution in [1.29, 1.82) is 0 Å². The first-order valence-electron chi connectivity index (χ1n) is 3.28. The number of hydrogen-bond acceptors (Lipinski definition) is 3. The quantitative estimate of drug-likeness (QED) is 0.708. The summed E-state index contributed by atoms with van der Waals surface area (Å²) in [7, 11) is 1.70. The van der Waals surface area contributed by atoms with E-state index in [0.717, 1.165) is 9.99 Å². The van der Waals surface area contributed by atoms with E-state index in [-0.39, 0.29) is 5.56 Å². The summed E-state index contributed by atoms with van der Waals surface area (Å²) in [5.74, 6) is 0. The minimum Gasteiger partial charge on any atom is -0.301 e. The van der Waals surface area contributed by atoms with E-state index in [0.29, 0.717) is 4.70 Å². The molecular weight excluding hydrogens is 240 g/mol. The van der Waals surface area contributed by atoms with Gasteiger partial charge in [-0.25, -0.2) is 4.98 Å². The van der Waals surface area contributed by atoms with Crippen molar-refractivity contribution in [1.82, 2.24) is 9.55 Å². The van der Waals surface area contributed by atoms with E-state index in [1.54, 1.807) is 7.05 Å². The maximum Gasteiger partial charge on any atom is 0.271 e. The summed E-state index contributed by atoms with van der Waals surface area (Å²) >= 11 is 4.74. The number of thiophene rings is 1. The van der Waals surface area contributed by atoms with Gasteiger partial charge in [0.15, 0.2) is 0 Å². The van der Waals surface area contributed by atoms with Gasteiger partial charge in [0.1, 0.15) is 10.2 Å². The summed E-state index contributed by atoms with van der Waals surface area (Å²) < 4.78 is 3.07. The molecule has 2 heterocycles. The molecule has 0 saturated carbocycles. The van der Waals surface area contributed by atoms with Gasteiger partial charge in [0.05, 0.1) is 10.8 Å². The smallest absolute Gasteiger partial charge is 0.271 e. The maximum absolute atomic E-state index is 11.5. The average molecular weight is 245 g/mol. The molecule has 0 aromatic carbocycles. The molecule has 0 radical (unpaired) electrons. The molecule has 0 atom stereocenters. The zero-order valence-electron chi connectivity index (χ0n) is 6.24. The number of hydrogen-bond donors (Lipinski definition) is 0. The van der Waals surface area contributed by atoms with E-state index in [1.165, 1.54) is 22.2 Å². The summed E-state index contributed by atoms with van der Waals surface area (Å²) in [6, 6.07) is 0. The van der Waals surface area contributed by atoms with E-state index in [2.05, 4.69) is 20.9 Å². The molecule has 0 amide bonds. The molecule has 2 aromatic rings. The first-order valence-corrected chi connectivity index (χ1v) is 4.96. The van der Waals surface area contributed by atoms with E-state index >= 15 is 0 Å². The number of nitrogens with zero attached hydrogens (tertiary/aromatic N) is 2. The summed E-state index contributed by atoms with van der Waals surface area (Å²) in [6.45, 7) is 0.